The molecule has 0 amide bonds. The number of nitrogens with one attached hydrogen (secondary N) is 1. The molecule has 2 aromatic carbocycles. The van der Waals surface area contributed by atoms with E-state index in [0.717, 1.165) is 25.3 Å². The van der Waals surface area contributed by atoms with Gasteiger partial charge in [-0.2, -0.15) is 0 Å². The van der Waals surface area contributed by atoms with Crippen molar-refractivity contribution >= 4 is 38.3 Å². The van der Waals surface area contributed by atoms with Gasteiger partial charge in [-0.05, 0) is 37.3 Å². The molecule has 0 spiro atoms. The van der Waals surface area contributed by atoms with E-state index in [1.807, 2.05) is 12.1 Å². The maximum Gasteiger partial charge on any atom is 0.269 e. The first-order chi connectivity index (χ1) is 12.5. The monoisotopic (exact) mass is 390 g/mol. The average Bonchev–Trinajstić information content (AvgIpc) is 3.06. The van der Waals surface area contributed by atoms with Gasteiger partial charge in [0.1, 0.15) is 11.8 Å². The lowest BCUT2D eigenvalue weighted by Crippen LogP contribution is -2.49. The van der Waals surface area contributed by atoms with E-state index in [9.17, 15) is 8.42 Å². The number of aromatic nitrogens is 2. The smallest absolute Gasteiger partial charge is 0.269 e. The highest BCUT2D eigenvalue weighted by molar-refractivity contribution is 7.90. The van der Waals surface area contributed by atoms with Crippen LogP contribution in [0.3, 0.4) is 0 Å². The predicted octanol–water partition coefficient (Wildman–Crippen LogP) is 2.72. The molecule has 1 N–H and O–H groups in total. The van der Waals surface area contributed by atoms with Crippen molar-refractivity contribution < 1.29 is 8.42 Å². The highest BCUT2D eigenvalue weighted by atomic mass is 35.5. The summed E-state index contributed by atoms with van der Waals surface area (Å²) in [6, 6.07) is 12.3. The molecule has 0 radical (unpaired) electrons. The number of benzene rings is 2. The number of nitrogens with zero attached hydrogens (tertiary/aromatic N) is 3. The summed E-state index contributed by atoms with van der Waals surface area (Å²) < 4.78 is 27.3. The maximum absolute atomic E-state index is 13.0. The molecule has 0 saturated carbocycles. The fraction of sp³-hybridized carbons (Fsp3) is 0.278. The molecule has 1 fully saturated rings. The Labute approximate surface area is 157 Å². The van der Waals surface area contributed by atoms with Gasteiger partial charge in [0.2, 0.25) is 0 Å². The Hall–Kier alpha value is -2.09. The molecule has 0 bridgehead atoms. The van der Waals surface area contributed by atoms with Crippen molar-refractivity contribution in [2.75, 3.05) is 24.5 Å². The van der Waals surface area contributed by atoms with Crippen molar-refractivity contribution in [2.24, 2.45) is 0 Å². The topological polar surface area (TPSA) is 67.2 Å². The molecule has 26 heavy (non-hydrogen) atoms. The second-order valence-electron chi connectivity index (χ2n) is 6.45. The molecule has 1 aromatic heterocycles. The average molecular weight is 391 g/mol. The van der Waals surface area contributed by atoms with Gasteiger partial charge in [0.25, 0.3) is 10.0 Å². The quantitative estimate of drug-likeness (QED) is 0.744. The summed E-state index contributed by atoms with van der Waals surface area (Å²) in [6.07, 6.45) is 1.37. The van der Waals surface area contributed by atoms with Gasteiger partial charge in [-0.3, -0.25) is 0 Å². The lowest BCUT2D eigenvalue weighted by atomic mass is 10.2. The number of anilines is 1. The third-order valence-electron chi connectivity index (χ3n) is 4.58. The van der Waals surface area contributed by atoms with Crippen molar-refractivity contribution in [3.05, 3.63) is 53.8 Å². The summed E-state index contributed by atoms with van der Waals surface area (Å²) in [5.41, 5.74) is 2.21. The van der Waals surface area contributed by atoms with Gasteiger partial charge in [-0.25, -0.2) is 17.4 Å². The Balaban J connectivity index is 1.82. The molecule has 6 nitrogen and oxygen atoms in total. The largest absolute Gasteiger partial charge is 0.367 e. The molecular formula is C18H19ClN4O2S. The summed E-state index contributed by atoms with van der Waals surface area (Å²) in [4.78, 5) is 6.81. The first kappa shape index (κ1) is 17.3. The first-order valence-electron chi connectivity index (χ1n) is 8.42. The van der Waals surface area contributed by atoms with Crippen LogP contribution in [0.25, 0.3) is 11.0 Å². The summed E-state index contributed by atoms with van der Waals surface area (Å²) in [6.45, 7) is 4.73. The Bertz CT molecular complexity index is 1060. The lowest BCUT2D eigenvalue weighted by Gasteiger charge is -2.33. The number of halogens is 1. The summed E-state index contributed by atoms with van der Waals surface area (Å²) in [5.74, 6) is 0. The van der Waals surface area contributed by atoms with Gasteiger partial charge < -0.3 is 10.2 Å². The Morgan fingerprint density at radius 1 is 1.23 bits per heavy atom. The zero-order valence-electron chi connectivity index (χ0n) is 14.3. The molecule has 1 aliphatic heterocycles. The van der Waals surface area contributed by atoms with Crippen molar-refractivity contribution in [1.29, 1.82) is 0 Å². The fourth-order valence-electron chi connectivity index (χ4n) is 3.34. The third kappa shape index (κ3) is 2.96. The van der Waals surface area contributed by atoms with Crippen LogP contribution in [0.5, 0.6) is 0 Å². The van der Waals surface area contributed by atoms with Crippen molar-refractivity contribution in [3.63, 3.8) is 0 Å². The molecule has 1 aliphatic rings. The highest BCUT2D eigenvalue weighted by Gasteiger charge is 2.23. The normalized spacial score (nSPS) is 18.4. The van der Waals surface area contributed by atoms with E-state index < -0.39 is 10.0 Å². The van der Waals surface area contributed by atoms with Crippen LogP contribution in [-0.2, 0) is 10.0 Å². The number of piperazine rings is 1. The summed E-state index contributed by atoms with van der Waals surface area (Å²) in [5, 5.41) is 3.79. The fourth-order valence-corrected chi connectivity index (χ4v) is 4.93. The molecule has 8 heteroatoms. The Kier molecular flexibility index (Phi) is 4.38. The van der Waals surface area contributed by atoms with Crippen LogP contribution in [0.2, 0.25) is 5.02 Å². The van der Waals surface area contributed by atoms with E-state index in [-0.39, 0.29) is 4.90 Å². The maximum atomic E-state index is 13.0. The minimum Gasteiger partial charge on any atom is -0.367 e. The number of rotatable bonds is 3. The van der Waals surface area contributed by atoms with E-state index in [4.69, 9.17) is 11.6 Å². The van der Waals surface area contributed by atoms with E-state index in [2.05, 4.69) is 22.1 Å². The number of hydrogen-bond donors (Lipinski definition) is 1. The molecule has 4 rings (SSSR count). The second kappa shape index (κ2) is 6.57. The van der Waals surface area contributed by atoms with Crippen LogP contribution in [0.1, 0.15) is 6.92 Å². The third-order valence-corrected chi connectivity index (χ3v) is 6.48. The van der Waals surface area contributed by atoms with Gasteiger partial charge in [-0.15, -0.1) is 0 Å². The van der Waals surface area contributed by atoms with Crippen LogP contribution >= 0.6 is 11.6 Å². The van der Waals surface area contributed by atoms with Crippen LogP contribution < -0.4 is 10.2 Å². The summed E-state index contributed by atoms with van der Waals surface area (Å²) in [7, 11) is -3.76. The Morgan fingerprint density at radius 2 is 2.04 bits per heavy atom. The van der Waals surface area contributed by atoms with E-state index in [1.165, 1.54) is 22.4 Å². The number of imidazole rings is 1. The molecule has 2 heterocycles. The molecule has 0 aliphatic carbocycles. The molecule has 1 atom stereocenters. The molecule has 3 aromatic rings. The molecular weight excluding hydrogens is 372 g/mol. The zero-order chi connectivity index (χ0) is 18.3. The van der Waals surface area contributed by atoms with Crippen LogP contribution in [0, 0.1) is 0 Å². The summed E-state index contributed by atoms with van der Waals surface area (Å²) >= 11 is 5.97. The van der Waals surface area contributed by atoms with Crippen molar-refractivity contribution in [3.8, 4) is 0 Å². The van der Waals surface area contributed by atoms with Gasteiger partial charge in [-0.1, -0.05) is 23.7 Å². The SMILES string of the molecule is C[C@H]1CN(c2cccc3c2ncn3S(=O)(=O)c2cccc(Cl)c2)CCN1. The highest BCUT2D eigenvalue weighted by Crippen LogP contribution is 2.29. The molecule has 1 saturated heterocycles. The minimum absolute atomic E-state index is 0.144. The van der Waals surface area contributed by atoms with Gasteiger partial charge in [0.15, 0.2) is 0 Å². The lowest BCUT2D eigenvalue weighted by molar-refractivity contribution is 0.485. The predicted molar refractivity (Wildman–Crippen MR) is 103 cm³/mol. The van der Waals surface area contributed by atoms with Gasteiger partial charge >= 0.3 is 0 Å². The van der Waals surface area contributed by atoms with Crippen LogP contribution in [0.15, 0.2) is 53.7 Å². The molecule has 136 valence electrons. The second-order valence-corrected chi connectivity index (χ2v) is 8.70. The van der Waals surface area contributed by atoms with E-state index in [0.29, 0.717) is 22.1 Å². The van der Waals surface area contributed by atoms with Crippen LogP contribution in [0.4, 0.5) is 5.69 Å². The zero-order valence-corrected chi connectivity index (χ0v) is 15.8. The standard InChI is InChI=1S/C18H19ClN4O2S/c1-13-11-22(9-8-20-13)16-6-3-7-17-18(16)21-12-23(17)26(24,25)15-5-2-4-14(19)10-15/h2-7,10,12-13,20H,8-9,11H2,1H3/t13-/m0/s1. The Morgan fingerprint density at radius 3 is 2.81 bits per heavy atom. The number of hydrogen-bond acceptors (Lipinski definition) is 5. The van der Waals surface area contributed by atoms with Crippen molar-refractivity contribution in [2.45, 2.75) is 17.9 Å². The molecule has 0 unspecified atom stereocenters. The number of fused-ring (bicyclic) bond motifs is 1. The van der Waals surface area contributed by atoms with Crippen molar-refractivity contribution in [1.82, 2.24) is 14.3 Å². The minimum atomic E-state index is -3.76. The van der Waals surface area contributed by atoms with E-state index in [1.54, 1.807) is 18.2 Å². The van der Waals surface area contributed by atoms with Crippen LogP contribution in [-0.4, -0.2) is 43.1 Å². The number of para-hydroxylation sites is 1. The van der Waals surface area contributed by atoms with E-state index >= 15 is 0 Å². The first-order valence-corrected chi connectivity index (χ1v) is 10.2. The van der Waals surface area contributed by atoms with Gasteiger partial charge in [0.05, 0.1) is 16.1 Å². The van der Waals surface area contributed by atoms with Gasteiger partial charge in [0, 0.05) is 30.7 Å².